The first-order chi connectivity index (χ1) is 31.8. The summed E-state index contributed by atoms with van der Waals surface area (Å²) in [5, 5.41) is 120. The zero-order valence-corrected chi connectivity index (χ0v) is 40.8. The van der Waals surface area contributed by atoms with Crippen molar-refractivity contribution in [2.24, 2.45) is 50.2 Å². The van der Waals surface area contributed by atoms with Gasteiger partial charge in [0, 0.05) is 10.8 Å². The minimum Gasteiger partial charge on any atom is -0.467 e. The molecule has 68 heavy (non-hydrogen) atoms. The van der Waals surface area contributed by atoms with Gasteiger partial charge in [0.25, 0.3) is 0 Å². The Hall–Kier alpha value is -1.47. The molecule has 0 aromatic heterocycles. The van der Waals surface area contributed by atoms with Crippen LogP contribution in [0.25, 0.3) is 0 Å². The summed E-state index contributed by atoms with van der Waals surface area (Å²) in [6.45, 7) is 14.1. The molecule has 7 fully saturated rings. The number of allylic oxidation sites excluding steroid dienone is 2. The maximum absolute atomic E-state index is 13.1. The molecule has 390 valence electrons. The van der Waals surface area contributed by atoms with E-state index < -0.39 is 123 Å². The Labute approximate surface area is 398 Å². The average Bonchev–Trinajstić information content (AvgIpc) is 3.29. The fraction of sp³-hybridized carbons (Fsp3) is 0.939. The van der Waals surface area contributed by atoms with Gasteiger partial charge in [-0.25, -0.2) is 4.79 Å². The lowest BCUT2D eigenvalue weighted by Gasteiger charge is -2.72. The molecule has 8 aliphatic rings. The van der Waals surface area contributed by atoms with Gasteiger partial charge in [0.05, 0.1) is 39.1 Å². The summed E-state index contributed by atoms with van der Waals surface area (Å²) in [4.78, 5) is 13.1. The molecule has 0 spiro atoms. The predicted molar refractivity (Wildman–Crippen MR) is 236 cm³/mol. The lowest BCUT2D eigenvalue weighted by Crippen LogP contribution is -2.68. The first-order valence-electron chi connectivity index (χ1n) is 24.8. The van der Waals surface area contributed by atoms with Gasteiger partial charge in [-0.1, -0.05) is 60.1 Å². The molecule has 0 radical (unpaired) electrons. The van der Waals surface area contributed by atoms with Gasteiger partial charge in [0.15, 0.2) is 25.0 Å². The highest BCUT2D eigenvalue weighted by molar-refractivity contribution is 5.75. The number of fused-ring (bicyclic) bond motifs is 7. The quantitative estimate of drug-likeness (QED) is 0.0765. The van der Waals surface area contributed by atoms with E-state index in [0.29, 0.717) is 12.8 Å². The van der Waals surface area contributed by atoms with Crippen molar-refractivity contribution < 1.29 is 94.1 Å². The first-order valence-corrected chi connectivity index (χ1v) is 24.8. The highest BCUT2D eigenvalue weighted by Crippen LogP contribution is 2.76. The summed E-state index contributed by atoms with van der Waals surface area (Å²) in [6, 6.07) is 0. The van der Waals surface area contributed by atoms with Crippen molar-refractivity contribution in [3.8, 4) is 0 Å². The maximum Gasteiger partial charge on any atom is 0.337 e. The Balaban J connectivity index is 1.08. The van der Waals surface area contributed by atoms with E-state index >= 15 is 0 Å². The van der Waals surface area contributed by atoms with E-state index in [0.717, 1.165) is 52.1 Å². The number of hydrogen-bond acceptors (Lipinski definition) is 19. The normalized spacial score (nSPS) is 54.6. The zero-order chi connectivity index (χ0) is 49.8. The van der Waals surface area contributed by atoms with Crippen LogP contribution in [0.1, 0.15) is 106 Å². The molecule has 0 aromatic carbocycles. The Kier molecular flexibility index (Phi) is 14.6. The van der Waals surface area contributed by atoms with Gasteiger partial charge in [0.1, 0.15) is 67.1 Å². The smallest absolute Gasteiger partial charge is 0.337 e. The van der Waals surface area contributed by atoms with Gasteiger partial charge < -0.3 is 89.3 Å². The van der Waals surface area contributed by atoms with Gasteiger partial charge >= 0.3 is 5.97 Å². The topological polar surface area (TPSA) is 304 Å². The highest BCUT2D eigenvalue weighted by Gasteiger charge is 2.70. The van der Waals surface area contributed by atoms with Crippen molar-refractivity contribution in [3.05, 3.63) is 11.6 Å². The van der Waals surface area contributed by atoms with E-state index in [1.807, 2.05) is 6.92 Å². The van der Waals surface area contributed by atoms with E-state index in [4.69, 9.17) is 33.2 Å². The second kappa shape index (κ2) is 18.8. The van der Waals surface area contributed by atoms with Crippen molar-refractivity contribution in [2.75, 3.05) is 26.9 Å². The Morgan fingerprint density at radius 1 is 0.632 bits per heavy atom. The van der Waals surface area contributed by atoms with Crippen molar-refractivity contribution in [1.29, 1.82) is 0 Å². The standard InChI is InChI=1S/C49H80O19/c1-44(2)17-23-22-9-10-27-46(4)13-12-29(47(5,21-52)26(46)11-14-49(27,7)48(22,6)16-15-45(23,3)28(53)18-44)65-43-39(35(59)34(58)37(66-43)40(61)62-8)68-42-38(33(57)31(55)25(20-51)64-42)67-41-36(60)32(56)30(54)24(19-50)63-41/h9,23-39,41-43,50-60H,10-21H2,1-8H3/t23-,24+,25+,26+,27+,28+,29-,30+,31+,32-,33-,34-,35-,36+,37-,38+,39+,41-,42-,43+,45+,46-,47+,48+,49+/m0/s1. The van der Waals surface area contributed by atoms with E-state index in [9.17, 15) is 61.0 Å². The molecule has 11 N–H and O–H groups in total. The molecular weight excluding hydrogens is 893 g/mol. The van der Waals surface area contributed by atoms with E-state index in [-0.39, 0.29) is 57.5 Å². The van der Waals surface area contributed by atoms with Gasteiger partial charge in [-0.3, -0.25) is 0 Å². The van der Waals surface area contributed by atoms with Gasteiger partial charge in [-0.2, -0.15) is 0 Å². The average molecular weight is 973 g/mol. The Bertz CT molecular complexity index is 1850. The number of ether oxygens (including phenoxy) is 7. The van der Waals surface area contributed by atoms with E-state index in [1.54, 1.807) is 0 Å². The molecule has 3 aliphatic heterocycles. The van der Waals surface area contributed by atoms with Gasteiger partial charge in [-0.05, 0) is 97.2 Å². The van der Waals surface area contributed by atoms with Crippen LogP contribution in [0.3, 0.4) is 0 Å². The molecule has 0 amide bonds. The predicted octanol–water partition coefficient (Wildman–Crippen LogP) is -0.235. The molecule has 3 heterocycles. The summed E-state index contributed by atoms with van der Waals surface area (Å²) in [6.07, 6.45) is -18.3. The van der Waals surface area contributed by atoms with Crippen molar-refractivity contribution in [1.82, 2.24) is 0 Å². The number of hydrogen-bond donors (Lipinski definition) is 11. The minimum atomic E-state index is -1.98. The van der Waals surface area contributed by atoms with Crippen LogP contribution in [-0.2, 0) is 38.0 Å². The third-order valence-electron chi connectivity index (χ3n) is 19.7. The van der Waals surface area contributed by atoms with Crippen LogP contribution < -0.4 is 0 Å². The number of methoxy groups -OCH3 is 1. The number of carbonyl (C=O) groups is 1. The van der Waals surface area contributed by atoms with Gasteiger partial charge in [-0.15, -0.1) is 0 Å². The van der Waals surface area contributed by atoms with E-state index in [2.05, 4.69) is 47.6 Å². The van der Waals surface area contributed by atoms with Crippen LogP contribution in [0, 0.1) is 50.2 Å². The lowest BCUT2D eigenvalue weighted by molar-refractivity contribution is -0.397. The third-order valence-corrected chi connectivity index (χ3v) is 19.7. The molecule has 25 atom stereocenters. The van der Waals surface area contributed by atoms with E-state index in [1.165, 1.54) is 5.57 Å². The summed E-state index contributed by atoms with van der Waals surface area (Å²) in [7, 11) is 1.08. The molecule has 0 aromatic rings. The number of rotatable bonds is 10. The second-order valence-electron chi connectivity index (χ2n) is 23.8. The number of esters is 1. The Morgan fingerprint density at radius 3 is 1.84 bits per heavy atom. The monoisotopic (exact) mass is 973 g/mol. The molecule has 19 heteroatoms. The van der Waals surface area contributed by atoms with Crippen LogP contribution in [0.4, 0.5) is 0 Å². The summed E-state index contributed by atoms with van der Waals surface area (Å²) >= 11 is 0. The highest BCUT2D eigenvalue weighted by atomic mass is 16.8. The largest absolute Gasteiger partial charge is 0.467 e. The molecule has 5 aliphatic carbocycles. The number of carbonyl (C=O) groups excluding carboxylic acids is 1. The molecular formula is C49H80O19. The van der Waals surface area contributed by atoms with Crippen molar-refractivity contribution >= 4 is 5.97 Å². The molecule has 3 saturated heterocycles. The van der Waals surface area contributed by atoms with Crippen LogP contribution in [0.15, 0.2) is 11.6 Å². The molecule has 0 unspecified atom stereocenters. The van der Waals surface area contributed by atoms with Gasteiger partial charge in [0.2, 0.25) is 0 Å². The maximum atomic E-state index is 13.1. The minimum absolute atomic E-state index is 0.0149. The number of aliphatic hydroxyl groups is 11. The second-order valence-corrected chi connectivity index (χ2v) is 23.8. The molecule has 0 bridgehead atoms. The summed E-state index contributed by atoms with van der Waals surface area (Å²) < 4.78 is 41.4. The van der Waals surface area contributed by atoms with Crippen LogP contribution >= 0.6 is 0 Å². The summed E-state index contributed by atoms with van der Waals surface area (Å²) in [5.74, 6) is -0.580. The SMILES string of the molecule is COC(=O)[C@H]1O[C@@H](O[C@H]2CC[C@@]3(C)[C@@H](CC[C@]4(C)[C@@H]3CC=C3[C@@H]5CC(C)(C)C[C@@H](O)[C@]5(C)CC[C@]34C)[C@@]2(C)CO)[C@H](O[C@@H]2O[C@H](CO)[C@@H](O)[C@H](O)[C@H]2O[C@@H]2O[C@H](CO)[C@@H](O)[C@H](O)[C@H]2O)[C@@H](O)[C@@H]1O. The molecule has 4 saturated carbocycles. The molecule has 8 rings (SSSR count). The van der Waals surface area contributed by atoms with Crippen molar-refractivity contribution in [3.63, 3.8) is 0 Å². The van der Waals surface area contributed by atoms with Crippen LogP contribution in [-0.4, -0.2) is 193 Å². The summed E-state index contributed by atoms with van der Waals surface area (Å²) in [5.41, 5.74) is -0.0454. The lowest BCUT2D eigenvalue weighted by atomic mass is 9.33. The number of aliphatic hydroxyl groups excluding tert-OH is 11. The first kappa shape index (κ1) is 52.8. The third kappa shape index (κ3) is 8.17. The van der Waals surface area contributed by atoms with Crippen LogP contribution in [0.5, 0.6) is 0 Å². The Morgan fingerprint density at radius 2 is 1.22 bits per heavy atom. The molecule has 19 nitrogen and oxygen atoms in total. The van der Waals surface area contributed by atoms with Crippen LogP contribution in [0.2, 0.25) is 0 Å². The fourth-order valence-corrected chi connectivity index (χ4v) is 15.3. The fourth-order valence-electron chi connectivity index (χ4n) is 15.3. The zero-order valence-electron chi connectivity index (χ0n) is 40.8. The van der Waals surface area contributed by atoms with Crippen molar-refractivity contribution in [2.45, 2.75) is 211 Å².